The fourth-order valence-corrected chi connectivity index (χ4v) is 3.29. The van der Waals surface area contributed by atoms with Crippen molar-refractivity contribution >= 4 is 22.9 Å². The van der Waals surface area contributed by atoms with Crippen molar-refractivity contribution in [1.82, 2.24) is 5.32 Å². The van der Waals surface area contributed by atoms with E-state index in [0.29, 0.717) is 0 Å². The van der Waals surface area contributed by atoms with E-state index in [1.807, 2.05) is 26.0 Å². The minimum Gasteiger partial charge on any atom is -0.491 e. The molecule has 1 aromatic carbocycles. The summed E-state index contributed by atoms with van der Waals surface area (Å²) in [5, 5.41) is 1.94. The molecule has 0 radical (unpaired) electrons. The molecule has 0 saturated carbocycles. The molecule has 1 unspecified atom stereocenters. The van der Waals surface area contributed by atoms with Crippen LogP contribution in [0.2, 0.25) is 0 Å². The summed E-state index contributed by atoms with van der Waals surface area (Å²) in [7, 11) is 0. The molecule has 0 aliphatic carbocycles. The van der Waals surface area contributed by atoms with Crippen LogP contribution in [-0.4, -0.2) is 22.5 Å². The standard InChI is InChI=1S/C17H23NO3S/c1-12(2)21-14-10-8-13(9-11-14)6-4-3-5-7-15-16(19)18-17(20)22-15/h8-12,15H,3-7H2,1-2H3,(H,18,19,20). The van der Waals surface area contributed by atoms with Crippen molar-refractivity contribution in [3.63, 3.8) is 0 Å². The average molecular weight is 321 g/mol. The van der Waals surface area contributed by atoms with Gasteiger partial charge in [0, 0.05) is 0 Å². The summed E-state index contributed by atoms with van der Waals surface area (Å²) < 4.78 is 5.62. The maximum absolute atomic E-state index is 11.4. The smallest absolute Gasteiger partial charge is 0.286 e. The highest BCUT2D eigenvalue weighted by Crippen LogP contribution is 2.24. The van der Waals surface area contributed by atoms with Crippen molar-refractivity contribution in [2.45, 2.75) is 57.3 Å². The fraction of sp³-hybridized carbons (Fsp3) is 0.529. The molecule has 1 aliphatic rings. The van der Waals surface area contributed by atoms with Gasteiger partial charge in [0.25, 0.3) is 5.24 Å². The summed E-state index contributed by atoms with van der Waals surface area (Å²) >= 11 is 1.12. The van der Waals surface area contributed by atoms with E-state index < -0.39 is 0 Å². The molecule has 1 N–H and O–H groups in total. The van der Waals surface area contributed by atoms with Gasteiger partial charge in [-0.05, 0) is 50.8 Å². The Morgan fingerprint density at radius 3 is 2.45 bits per heavy atom. The monoisotopic (exact) mass is 321 g/mol. The molecule has 5 heteroatoms. The molecule has 1 aromatic rings. The molecule has 1 heterocycles. The molecule has 4 nitrogen and oxygen atoms in total. The van der Waals surface area contributed by atoms with E-state index in [1.165, 1.54) is 5.56 Å². The second kappa shape index (κ2) is 8.22. The molecule has 0 aromatic heterocycles. The number of ether oxygens (including phenoxy) is 1. The van der Waals surface area contributed by atoms with E-state index in [0.717, 1.165) is 49.6 Å². The van der Waals surface area contributed by atoms with Gasteiger partial charge in [-0.15, -0.1) is 0 Å². The minimum absolute atomic E-state index is 0.129. The van der Waals surface area contributed by atoms with E-state index in [-0.39, 0.29) is 22.5 Å². The molecule has 1 saturated heterocycles. The van der Waals surface area contributed by atoms with E-state index in [4.69, 9.17) is 4.74 Å². The summed E-state index contributed by atoms with van der Waals surface area (Å²) in [5.74, 6) is 0.781. The Balaban J connectivity index is 1.62. The predicted molar refractivity (Wildman–Crippen MR) is 89.3 cm³/mol. The van der Waals surface area contributed by atoms with Gasteiger partial charge in [-0.1, -0.05) is 36.7 Å². The van der Waals surface area contributed by atoms with E-state index >= 15 is 0 Å². The van der Waals surface area contributed by atoms with Gasteiger partial charge in [0.1, 0.15) is 5.75 Å². The Morgan fingerprint density at radius 1 is 1.14 bits per heavy atom. The van der Waals surface area contributed by atoms with E-state index in [2.05, 4.69) is 17.4 Å². The van der Waals surface area contributed by atoms with E-state index in [9.17, 15) is 9.59 Å². The number of thioether (sulfide) groups is 1. The third-order valence-corrected chi connectivity index (χ3v) is 4.54. The lowest BCUT2D eigenvalue weighted by Gasteiger charge is -2.10. The zero-order chi connectivity index (χ0) is 15.9. The van der Waals surface area contributed by atoms with Gasteiger partial charge in [-0.2, -0.15) is 0 Å². The van der Waals surface area contributed by atoms with Gasteiger partial charge in [-0.3, -0.25) is 14.9 Å². The van der Waals surface area contributed by atoms with Crippen molar-refractivity contribution in [2.24, 2.45) is 0 Å². The van der Waals surface area contributed by atoms with Crippen molar-refractivity contribution in [1.29, 1.82) is 0 Å². The Hall–Kier alpha value is -1.49. The van der Waals surface area contributed by atoms with Gasteiger partial charge >= 0.3 is 0 Å². The highest BCUT2D eigenvalue weighted by atomic mass is 32.2. The van der Waals surface area contributed by atoms with Crippen LogP contribution in [0.25, 0.3) is 0 Å². The van der Waals surface area contributed by atoms with Crippen LogP contribution in [0.4, 0.5) is 4.79 Å². The molecule has 22 heavy (non-hydrogen) atoms. The maximum Gasteiger partial charge on any atom is 0.286 e. The molecule has 2 rings (SSSR count). The first-order valence-corrected chi connectivity index (χ1v) is 8.69. The molecule has 1 fully saturated rings. The van der Waals surface area contributed by atoms with Crippen LogP contribution in [0, 0.1) is 0 Å². The third kappa shape index (κ3) is 5.37. The summed E-state index contributed by atoms with van der Waals surface area (Å²) in [6.07, 6.45) is 5.16. The Morgan fingerprint density at radius 2 is 1.86 bits per heavy atom. The number of benzene rings is 1. The normalized spacial score (nSPS) is 17.9. The summed E-state index contributed by atoms with van der Waals surface area (Å²) in [5.41, 5.74) is 1.30. The SMILES string of the molecule is CC(C)Oc1ccc(CCCCCC2SC(=O)NC2=O)cc1. The Kier molecular flexibility index (Phi) is 6.31. The number of rotatable bonds is 8. The van der Waals surface area contributed by atoms with Crippen molar-refractivity contribution in [2.75, 3.05) is 0 Å². The van der Waals surface area contributed by atoms with Crippen LogP contribution in [0.15, 0.2) is 24.3 Å². The van der Waals surface area contributed by atoms with Crippen LogP contribution in [0.1, 0.15) is 45.1 Å². The molecule has 0 spiro atoms. The van der Waals surface area contributed by atoms with Crippen molar-refractivity contribution in [3.05, 3.63) is 29.8 Å². The van der Waals surface area contributed by atoms with Crippen LogP contribution in [0.5, 0.6) is 5.75 Å². The highest BCUT2D eigenvalue weighted by molar-refractivity contribution is 8.15. The minimum atomic E-state index is -0.210. The molecule has 1 aliphatic heterocycles. The molecule has 1 atom stereocenters. The summed E-state index contributed by atoms with van der Waals surface area (Å²) in [6.45, 7) is 4.04. The fourth-order valence-electron chi connectivity index (χ4n) is 2.43. The van der Waals surface area contributed by atoms with Crippen LogP contribution in [0.3, 0.4) is 0 Å². The number of hydrogen-bond acceptors (Lipinski definition) is 4. The lowest BCUT2D eigenvalue weighted by atomic mass is 10.1. The van der Waals surface area contributed by atoms with Crippen LogP contribution < -0.4 is 10.1 Å². The van der Waals surface area contributed by atoms with E-state index in [1.54, 1.807) is 0 Å². The molecule has 0 bridgehead atoms. The third-order valence-electron chi connectivity index (χ3n) is 3.49. The Labute approximate surface area is 136 Å². The Bertz CT molecular complexity index is 513. The first kappa shape index (κ1) is 16.9. The van der Waals surface area contributed by atoms with Crippen LogP contribution in [-0.2, 0) is 11.2 Å². The molecular weight excluding hydrogens is 298 g/mol. The number of aryl methyl sites for hydroxylation is 1. The number of carbonyl (C=O) groups excluding carboxylic acids is 2. The predicted octanol–water partition coefficient (Wildman–Crippen LogP) is 3.93. The topological polar surface area (TPSA) is 55.4 Å². The number of amides is 2. The summed E-state index contributed by atoms with van der Waals surface area (Å²) in [4.78, 5) is 22.5. The highest BCUT2D eigenvalue weighted by Gasteiger charge is 2.30. The van der Waals surface area contributed by atoms with Crippen LogP contribution >= 0.6 is 11.8 Å². The number of unbranched alkanes of at least 4 members (excludes halogenated alkanes) is 2. The number of carbonyl (C=O) groups is 2. The van der Waals surface area contributed by atoms with Gasteiger partial charge in [-0.25, -0.2) is 0 Å². The lowest BCUT2D eigenvalue weighted by Crippen LogP contribution is -2.24. The number of nitrogens with one attached hydrogen (secondary N) is 1. The second-order valence-electron chi connectivity index (χ2n) is 5.79. The first-order chi connectivity index (χ1) is 10.5. The van der Waals surface area contributed by atoms with Gasteiger partial charge < -0.3 is 4.74 Å². The summed E-state index contributed by atoms with van der Waals surface area (Å²) in [6, 6.07) is 8.24. The maximum atomic E-state index is 11.4. The molecule has 120 valence electrons. The van der Waals surface area contributed by atoms with Gasteiger partial charge in [0.2, 0.25) is 5.91 Å². The van der Waals surface area contributed by atoms with Crippen molar-refractivity contribution in [3.8, 4) is 5.75 Å². The second-order valence-corrected chi connectivity index (χ2v) is 6.97. The van der Waals surface area contributed by atoms with Gasteiger partial charge in [0.05, 0.1) is 11.4 Å². The first-order valence-electron chi connectivity index (χ1n) is 7.81. The quantitative estimate of drug-likeness (QED) is 0.737. The molecular formula is C17H23NO3S. The zero-order valence-electron chi connectivity index (χ0n) is 13.1. The van der Waals surface area contributed by atoms with Gasteiger partial charge in [0.15, 0.2) is 0 Å². The molecule has 2 amide bonds. The largest absolute Gasteiger partial charge is 0.491 e. The zero-order valence-corrected chi connectivity index (χ0v) is 13.9. The number of imide groups is 1. The lowest BCUT2D eigenvalue weighted by molar-refractivity contribution is -0.119. The average Bonchev–Trinajstić information content (AvgIpc) is 2.78. The number of hydrogen-bond donors (Lipinski definition) is 1. The van der Waals surface area contributed by atoms with Crippen molar-refractivity contribution < 1.29 is 14.3 Å².